The Bertz CT molecular complexity index is 3390. The van der Waals surface area contributed by atoms with Crippen molar-refractivity contribution in [1.82, 2.24) is 5.48 Å². The van der Waals surface area contributed by atoms with Crippen LogP contribution in [0.1, 0.15) is 116 Å². The van der Waals surface area contributed by atoms with Crippen LogP contribution in [0.2, 0.25) is 0 Å². The Balaban J connectivity index is 0.886. The number of rotatable bonds is 19. The third-order valence-corrected chi connectivity index (χ3v) is 12.7. The fourth-order valence-electron chi connectivity index (χ4n) is 8.47. The molecule has 1 amide bonds. The van der Waals surface area contributed by atoms with Gasteiger partial charge >= 0.3 is 23.9 Å². The molecular weight excluding hydrogens is 953 g/mol. The SMILES string of the molecule is Cc1cc(Oc2ccc(C(C)(C)c3ccc(Oc4ccc(C(NO)c5cc(C(=O)OCc6ccccc6)ccc5C(=O)O)c(C)c4)cc3)cc2)ccc1NC(=O)c1cc(C(=O)OCc2ccccc2)ccc1C(=O)O. The average molecular weight is 1010 g/mol. The normalized spacial score (nSPS) is 11.5. The lowest BCUT2D eigenvalue weighted by molar-refractivity contribution is 0.0463. The number of aryl methyl sites for hydroxylation is 2. The van der Waals surface area contributed by atoms with Crippen molar-refractivity contribution >= 4 is 35.5 Å². The number of aromatic carboxylic acids is 2. The molecule has 0 fully saturated rings. The molecule has 0 aliphatic heterocycles. The van der Waals surface area contributed by atoms with Gasteiger partial charge in [-0.15, -0.1) is 0 Å². The van der Waals surface area contributed by atoms with Gasteiger partial charge in [0, 0.05) is 11.1 Å². The molecule has 0 spiro atoms. The van der Waals surface area contributed by atoms with E-state index in [0.29, 0.717) is 45.4 Å². The van der Waals surface area contributed by atoms with Crippen LogP contribution in [0.15, 0.2) is 182 Å². The fourth-order valence-corrected chi connectivity index (χ4v) is 8.47. The van der Waals surface area contributed by atoms with Crippen LogP contribution >= 0.6 is 0 Å². The molecule has 1 unspecified atom stereocenters. The standard InChI is InChI=1S/C61H52N2O12/c1-37-31-47(25-29-49(37)55(63-71)52-33-41(15-27-50(52)57(65)66)59(69)72-35-39-11-7-5-8-12-39)74-45-21-17-43(18-22-45)61(3,4)44-19-23-46(24-20-44)75-48-26-30-54(38(2)32-48)62-56(64)53-34-42(16-28-51(53)58(67)68)60(70)73-36-40-13-9-6-10-14-40/h5-34,55,63,71H,35-36H2,1-4H3,(H,62,64)(H,65,66)(H,67,68). The minimum absolute atomic E-state index is 0.0130. The quantitative estimate of drug-likeness (QED) is 0.0378. The zero-order valence-corrected chi connectivity index (χ0v) is 41.3. The van der Waals surface area contributed by atoms with Crippen LogP contribution in [0.25, 0.3) is 0 Å². The van der Waals surface area contributed by atoms with Gasteiger partial charge in [0.2, 0.25) is 0 Å². The summed E-state index contributed by atoms with van der Waals surface area (Å²) in [7, 11) is 0. The molecule has 1 atom stereocenters. The summed E-state index contributed by atoms with van der Waals surface area (Å²) in [6, 6.07) is 50.9. The van der Waals surface area contributed by atoms with Gasteiger partial charge in [-0.2, -0.15) is 5.48 Å². The van der Waals surface area contributed by atoms with Crippen LogP contribution in [0.5, 0.6) is 23.0 Å². The Kier molecular flexibility index (Phi) is 15.9. The van der Waals surface area contributed by atoms with Gasteiger partial charge in [0.25, 0.3) is 5.91 Å². The lowest BCUT2D eigenvalue weighted by Gasteiger charge is -2.26. The summed E-state index contributed by atoms with van der Waals surface area (Å²) in [5.74, 6) is -2.43. The minimum atomic E-state index is -1.32. The van der Waals surface area contributed by atoms with Crippen molar-refractivity contribution in [1.29, 1.82) is 0 Å². The zero-order chi connectivity index (χ0) is 53.2. The van der Waals surface area contributed by atoms with Crippen LogP contribution < -0.4 is 20.3 Å². The summed E-state index contributed by atoms with van der Waals surface area (Å²) >= 11 is 0. The maximum absolute atomic E-state index is 13.5. The van der Waals surface area contributed by atoms with Gasteiger partial charge in [-0.1, -0.05) is 105 Å². The predicted octanol–water partition coefficient (Wildman–Crippen LogP) is 12.6. The highest BCUT2D eigenvalue weighted by molar-refractivity contribution is 6.12. The number of carbonyl (C=O) groups is 5. The zero-order valence-electron chi connectivity index (χ0n) is 41.3. The van der Waals surface area contributed by atoms with Gasteiger partial charge in [0.05, 0.1) is 33.9 Å². The summed E-state index contributed by atoms with van der Waals surface area (Å²) in [6.45, 7) is 7.85. The Labute approximate surface area is 432 Å². The van der Waals surface area contributed by atoms with Crippen molar-refractivity contribution in [3.05, 3.63) is 254 Å². The molecule has 8 aromatic rings. The van der Waals surface area contributed by atoms with Crippen molar-refractivity contribution in [3.63, 3.8) is 0 Å². The maximum Gasteiger partial charge on any atom is 0.338 e. The van der Waals surface area contributed by atoms with E-state index in [2.05, 4.69) is 24.6 Å². The van der Waals surface area contributed by atoms with E-state index in [1.165, 1.54) is 36.4 Å². The second-order valence-corrected chi connectivity index (χ2v) is 18.2. The minimum Gasteiger partial charge on any atom is -0.478 e. The van der Waals surface area contributed by atoms with E-state index >= 15 is 0 Å². The van der Waals surface area contributed by atoms with Crippen molar-refractivity contribution in [2.75, 3.05) is 5.32 Å². The highest BCUT2D eigenvalue weighted by Crippen LogP contribution is 2.37. The number of carbonyl (C=O) groups excluding carboxylic acids is 3. The number of ether oxygens (including phenoxy) is 4. The molecular formula is C61H52N2O12. The van der Waals surface area contributed by atoms with Gasteiger partial charge in [0.15, 0.2) is 0 Å². The van der Waals surface area contributed by atoms with Crippen molar-refractivity contribution < 1.29 is 58.3 Å². The molecule has 0 aliphatic rings. The van der Waals surface area contributed by atoms with Crippen LogP contribution in [0, 0.1) is 13.8 Å². The van der Waals surface area contributed by atoms with E-state index in [9.17, 15) is 39.4 Å². The lowest BCUT2D eigenvalue weighted by atomic mass is 9.78. The Hall–Kier alpha value is -9.37. The largest absolute Gasteiger partial charge is 0.478 e. The first-order valence-corrected chi connectivity index (χ1v) is 23.7. The Morgan fingerprint density at radius 3 is 1.44 bits per heavy atom. The first-order valence-electron chi connectivity index (χ1n) is 23.7. The number of benzene rings is 8. The third-order valence-electron chi connectivity index (χ3n) is 12.7. The van der Waals surface area contributed by atoms with Crippen LogP contribution in [0.3, 0.4) is 0 Å². The molecule has 8 rings (SSSR count). The van der Waals surface area contributed by atoms with E-state index < -0.39 is 41.2 Å². The number of amides is 1. The Morgan fingerprint density at radius 1 is 0.493 bits per heavy atom. The molecule has 0 saturated heterocycles. The second-order valence-electron chi connectivity index (χ2n) is 18.2. The van der Waals surface area contributed by atoms with Crippen molar-refractivity contribution in [2.24, 2.45) is 0 Å². The van der Waals surface area contributed by atoms with Crippen molar-refractivity contribution in [3.8, 4) is 23.0 Å². The summed E-state index contributed by atoms with van der Waals surface area (Å²) in [4.78, 5) is 63.8. The van der Waals surface area contributed by atoms with E-state index in [-0.39, 0.29) is 46.6 Å². The molecule has 378 valence electrons. The highest BCUT2D eigenvalue weighted by atomic mass is 16.5. The number of carboxylic acid groups (broad SMARTS) is 2. The molecule has 0 aromatic heterocycles. The molecule has 0 heterocycles. The highest BCUT2D eigenvalue weighted by Gasteiger charge is 2.26. The van der Waals surface area contributed by atoms with E-state index in [4.69, 9.17) is 18.9 Å². The molecule has 14 nitrogen and oxygen atoms in total. The van der Waals surface area contributed by atoms with Crippen LogP contribution in [-0.2, 0) is 28.1 Å². The van der Waals surface area contributed by atoms with Gasteiger partial charge in [-0.3, -0.25) is 4.79 Å². The van der Waals surface area contributed by atoms with Crippen LogP contribution in [-0.4, -0.2) is 45.2 Å². The molecule has 0 aliphatic carbocycles. The molecule has 75 heavy (non-hydrogen) atoms. The molecule has 5 N–H and O–H groups in total. The molecule has 8 aromatic carbocycles. The molecule has 0 saturated carbocycles. The first-order chi connectivity index (χ1) is 36.1. The Morgan fingerprint density at radius 2 is 0.960 bits per heavy atom. The van der Waals surface area contributed by atoms with E-state index in [1.807, 2.05) is 104 Å². The average Bonchev–Trinajstić information content (AvgIpc) is 3.41. The topological polar surface area (TPSA) is 207 Å². The van der Waals surface area contributed by atoms with Crippen LogP contribution in [0.4, 0.5) is 5.69 Å². The molecule has 0 radical (unpaired) electrons. The number of anilines is 1. The number of hydrogen-bond donors (Lipinski definition) is 5. The van der Waals surface area contributed by atoms with Crippen molar-refractivity contribution in [2.45, 2.75) is 52.4 Å². The number of hydrogen-bond acceptors (Lipinski definition) is 11. The monoisotopic (exact) mass is 1000 g/mol. The summed E-state index contributed by atoms with van der Waals surface area (Å²) in [5, 5.41) is 33.0. The van der Waals surface area contributed by atoms with Gasteiger partial charge < -0.3 is 39.7 Å². The smallest absolute Gasteiger partial charge is 0.338 e. The van der Waals surface area contributed by atoms with Gasteiger partial charge in [-0.05, 0) is 149 Å². The summed E-state index contributed by atoms with van der Waals surface area (Å²) in [6.07, 6.45) is 0. The van der Waals surface area contributed by atoms with E-state index in [1.54, 1.807) is 55.5 Å². The lowest BCUT2D eigenvalue weighted by Crippen LogP contribution is -2.23. The first kappa shape index (κ1) is 52.0. The van der Waals surface area contributed by atoms with Gasteiger partial charge in [0.1, 0.15) is 36.2 Å². The molecule has 14 heteroatoms. The second kappa shape index (κ2) is 23.0. The summed E-state index contributed by atoms with van der Waals surface area (Å²) in [5.41, 5.74) is 7.51. The number of hydroxylamine groups is 1. The number of carboxylic acids is 2. The number of esters is 2. The number of nitrogens with one attached hydrogen (secondary N) is 2. The fraction of sp³-hybridized carbons (Fsp3) is 0.131. The van der Waals surface area contributed by atoms with E-state index in [0.717, 1.165) is 22.3 Å². The van der Waals surface area contributed by atoms with Gasteiger partial charge in [-0.25, -0.2) is 19.2 Å². The summed E-state index contributed by atoms with van der Waals surface area (Å²) < 4.78 is 23.3. The third kappa shape index (κ3) is 12.5. The predicted molar refractivity (Wildman–Crippen MR) is 280 cm³/mol. The molecule has 0 bridgehead atoms. The maximum atomic E-state index is 13.5.